The van der Waals surface area contributed by atoms with E-state index in [0.717, 1.165) is 13.0 Å². The second-order valence-corrected chi connectivity index (χ2v) is 3.22. The van der Waals surface area contributed by atoms with Crippen LogP contribution in [0.15, 0.2) is 12.3 Å². The molecule has 1 atom stereocenters. The molecule has 0 saturated carbocycles. The van der Waals surface area contributed by atoms with E-state index < -0.39 is 5.97 Å². The van der Waals surface area contributed by atoms with Crippen molar-refractivity contribution in [2.24, 2.45) is 11.7 Å². The highest BCUT2D eigenvalue weighted by Crippen LogP contribution is 2.15. The fourth-order valence-corrected chi connectivity index (χ4v) is 1.39. The molecular formula is C9H14N2O3. The molecule has 0 aromatic rings. The van der Waals surface area contributed by atoms with Crippen LogP contribution in [0.5, 0.6) is 0 Å². The van der Waals surface area contributed by atoms with Crippen LogP contribution < -0.4 is 5.73 Å². The molecule has 1 unspecified atom stereocenters. The molecule has 0 bridgehead atoms. The van der Waals surface area contributed by atoms with E-state index in [0.29, 0.717) is 6.54 Å². The highest BCUT2D eigenvalue weighted by atomic mass is 16.5. The highest BCUT2D eigenvalue weighted by molar-refractivity contribution is 5.81. The zero-order chi connectivity index (χ0) is 10.6. The third kappa shape index (κ3) is 2.76. The number of hydrogen-bond donors (Lipinski definition) is 1. The smallest absolute Gasteiger partial charge is 0.331 e. The van der Waals surface area contributed by atoms with Crippen LogP contribution in [0.4, 0.5) is 0 Å². The van der Waals surface area contributed by atoms with Crippen LogP contribution in [0.2, 0.25) is 0 Å². The fraction of sp³-hybridized carbons (Fsp3) is 0.556. The summed E-state index contributed by atoms with van der Waals surface area (Å²) in [7, 11) is 1.32. The van der Waals surface area contributed by atoms with E-state index in [2.05, 4.69) is 4.74 Å². The van der Waals surface area contributed by atoms with E-state index >= 15 is 0 Å². The minimum absolute atomic E-state index is 0.0997. The Balaban J connectivity index is 2.39. The van der Waals surface area contributed by atoms with Gasteiger partial charge in [0, 0.05) is 25.4 Å². The van der Waals surface area contributed by atoms with Crippen LogP contribution >= 0.6 is 0 Å². The van der Waals surface area contributed by atoms with Gasteiger partial charge < -0.3 is 15.4 Å². The topological polar surface area (TPSA) is 72.6 Å². The van der Waals surface area contributed by atoms with Crippen molar-refractivity contribution in [1.29, 1.82) is 0 Å². The van der Waals surface area contributed by atoms with E-state index in [1.54, 1.807) is 6.20 Å². The van der Waals surface area contributed by atoms with Gasteiger partial charge in [0.15, 0.2) is 0 Å². The number of esters is 1. The lowest BCUT2D eigenvalue weighted by atomic mass is 10.1. The molecule has 0 radical (unpaired) electrons. The van der Waals surface area contributed by atoms with Crippen molar-refractivity contribution >= 4 is 11.9 Å². The maximum absolute atomic E-state index is 10.8. The van der Waals surface area contributed by atoms with Crippen molar-refractivity contribution < 1.29 is 14.3 Å². The van der Waals surface area contributed by atoms with E-state index in [1.165, 1.54) is 13.2 Å². The number of nitrogens with zero attached hydrogens (tertiary/aromatic N) is 1. The summed E-state index contributed by atoms with van der Waals surface area (Å²) in [6.07, 6.45) is 3.72. The maximum Gasteiger partial charge on any atom is 0.331 e. The standard InChI is InChI=1S/C9H14N2O3/c1-14-8(12)3-5-11-4-2-7(6-11)9(10)13/h3,5,7H,2,4,6H2,1H3,(H2,10,13)/b5-3+. The van der Waals surface area contributed by atoms with Gasteiger partial charge in [-0.05, 0) is 6.42 Å². The van der Waals surface area contributed by atoms with Gasteiger partial charge in [0.1, 0.15) is 0 Å². The fourth-order valence-electron chi connectivity index (χ4n) is 1.39. The lowest BCUT2D eigenvalue weighted by Crippen LogP contribution is -2.25. The molecule has 1 rings (SSSR count). The van der Waals surface area contributed by atoms with Crippen molar-refractivity contribution in [3.63, 3.8) is 0 Å². The molecule has 0 aliphatic carbocycles. The average Bonchev–Trinajstić information content (AvgIpc) is 2.62. The first-order chi connectivity index (χ1) is 6.63. The Morgan fingerprint density at radius 2 is 2.29 bits per heavy atom. The van der Waals surface area contributed by atoms with Gasteiger partial charge in [-0.1, -0.05) is 0 Å². The molecular weight excluding hydrogens is 184 g/mol. The van der Waals surface area contributed by atoms with Crippen LogP contribution in [0.3, 0.4) is 0 Å². The third-order valence-corrected chi connectivity index (χ3v) is 2.24. The van der Waals surface area contributed by atoms with Crippen LogP contribution in [0.25, 0.3) is 0 Å². The van der Waals surface area contributed by atoms with E-state index in [9.17, 15) is 9.59 Å². The number of nitrogens with two attached hydrogens (primary N) is 1. The van der Waals surface area contributed by atoms with Crippen LogP contribution in [0.1, 0.15) is 6.42 Å². The summed E-state index contributed by atoms with van der Waals surface area (Å²) in [6.45, 7) is 1.34. The number of methoxy groups -OCH3 is 1. The van der Waals surface area contributed by atoms with Crippen molar-refractivity contribution in [2.75, 3.05) is 20.2 Å². The quantitative estimate of drug-likeness (QED) is 0.489. The Bertz CT molecular complexity index is 263. The average molecular weight is 198 g/mol. The Kier molecular flexibility index (Phi) is 3.50. The molecule has 0 aromatic carbocycles. The monoisotopic (exact) mass is 198 g/mol. The minimum Gasteiger partial charge on any atom is -0.466 e. The van der Waals surface area contributed by atoms with E-state index in [-0.39, 0.29) is 11.8 Å². The minimum atomic E-state index is -0.396. The lowest BCUT2D eigenvalue weighted by Gasteiger charge is -2.10. The molecule has 5 nitrogen and oxygen atoms in total. The number of primary amides is 1. The van der Waals surface area contributed by atoms with Crippen molar-refractivity contribution in [3.8, 4) is 0 Å². The summed E-state index contributed by atoms with van der Waals surface area (Å²) in [5.74, 6) is -0.774. The third-order valence-electron chi connectivity index (χ3n) is 2.24. The lowest BCUT2D eigenvalue weighted by molar-refractivity contribution is -0.134. The Hall–Kier alpha value is -1.52. The van der Waals surface area contributed by atoms with Gasteiger partial charge in [-0.25, -0.2) is 4.79 Å². The predicted molar refractivity (Wildman–Crippen MR) is 50.0 cm³/mol. The van der Waals surface area contributed by atoms with Gasteiger partial charge in [-0.3, -0.25) is 4.79 Å². The Labute approximate surface area is 82.5 Å². The van der Waals surface area contributed by atoms with Crippen LogP contribution in [0, 0.1) is 5.92 Å². The first kappa shape index (κ1) is 10.6. The first-order valence-corrected chi connectivity index (χ1v) is 4.43. The number of carbonyl (C=O) groups excluding carboxylic acids is 2. The molecule has 1 amide bonds. The van der Waals surface area contributed by atoms with Gasteiger partial charge in [0.25, 0.3) is 0 Å². The number of ether oxygens (including phenoxy) is 1. The number of likely N-dealkylation sites (tertiary alicyclic amines) is 1. The second-order valence-electron chi connectivity index (χ2n) is 3.22. The van der Waals surface area contributed by atoms with Gasteiger partial charge in [0.05, 0.1) is 13.0 Å². The van der Waals surface area contributed by atoms with Crippen LogP contribution in [-0.4, -0.2) is 37.0 Å². The summed E-state index contributed by atoms with van der Waals surface area (Å²) in [4.78, 5) is 23.5. The normalized spacial score (nSPS) is 21.5. The molecule has 0 aromatic heterocycles. The Morgan fingerprint density at radius 3 is 2.79 bits per heavy atom. The molecule has 0 spiro atoms. The van der Waals surface area contributed by atoms with Crippen molar-refractivity contribution in [3.05, 3.63) is 12.3 Å². The summed E-state index contributed by atoms with van der Waals surface area (Å²) in [5.41, 5.74) is 5.16. The summed E-state index contributed by atoms with van der Waals surface area (Å²) in [6, 6.07) is 0. The molecule has 1 saturated heterocycles. The summed E-state index contributed by atoms with van der Waals surface area (Å²) in [5, 5.41) is 0. The number of amides is 1. The molecule has 1 fully saturated rings. The molecule has 1 aliphatic heterocycles. The van der Waals surface area contributed by atoms with Crippen molar-refractivity contribution in [1.82, 2.24) is 4.90 Å². The summed E-state index contributed by atoms with van der Waals surface area (Å²) >= 11 is 0. The molecule has 1 heterocycles. The van der Waals surface area contributed by atoms with E-state index in [1.807, 2.05) is 4.90 Å². The molecule has 78 valence electrons. The Morgan fingerprint density at radius 1 is 1.57 bits per heavy atom. The predicted octanol–water partition coefficient (Wildman–Crippen LogP) is -0.520. The van der Waals surface area contributed by atoms with Crippen LogP contribution in [-0.2, 0) is 14.3 Å². The SMILES string of the molecule is COC(=O)/C=C/N1CCC(C(N)=O)C1. The maximum atomic E-state index is 10.8. The second kappa shape index (κ2) is 4.64. The van der Waals surface area contributed by atoms with Gasteiger partial charge in [-0.2, -0.15) is 0 Å². The van der Waals surface area contributed by atoms with E-state index in [4.69, 9.17) is 5.73 Å². The highest BCUT2D eigenvalue weighted by Gasteiger charge is 2.24. The van der Waals surface area contributed by atoms with Gasteiger partial charge in [0.2, 0.25) is 5.91 Å². The number of carbonyl (C=O) groups is 2. The largest absolute Gasteiger partial charge is 0.466 e. The zero-order valence-corrected chi connectivity index (χ0v) is 8.10. The van der Waals surface area contributed by atoms with Gasteiger partial charge in [-0.15, -0.1) is 0 Å². The first-order valence-electron chi connectivity index (χ1n) is 4.43. The molecule has 1 aliphatic rings. The zero-order valence-electron chi connectivity index (χ0n) is 8.10. The number of hydrogen-bond acceptors (Lipinski definition) is 4. The molecule has 14 heavy (non-hydrogen) atoms. The van der Waals surface area contributed by atoms with Gasteiger partial charge >= 0.3 is 5.97 Å². The summed E-state index contributed by atoms with van der Waals surface area (Å²) < 4.78 is 4.44. The molecule has 5 heteroatoms. The number of rotatable bonds is 3. The molecule has 2 N–H and O–H groups in total. The van der Waals surface area contributed by atoms with Crippen molar-refractivity contribution in [2.45, 2.75) is 6.42 Å².